The second-order valence-electron chi connectivity index (χ2n) is 4.11. The molecule has 0 rings (SSSR count). The number of nitrogens with one attached hydrogen (secondary N) is 2. The van der Waals surface area contributed by atoms with Gasteiger partial charge in [-0.15, -0.1) is 12.4 Å². The Morgan fingerprint density at radius 2 is 1.78 bits per heavy atom. The van der Waals surface area contributed by atoms with E-state index in [-0.39, 0.29) is 23.9 Å². The second kappa shape index (κ2) is 11.7. The number of amides is 1. The van der Waals surface area contributed by atoms with Crippen molar-refractivity contribution in [2.45, 2.75) is 32.6 Å². The molecule has 0 saturated heterocycles. The minimum Gasteiger partial charge on any atom is -0.355 e. The third-order valence-corrected chi connectivity index (χ3v) is 3.95. The quantitative estimate of drug-likeness (QED) is 0.584. The first-order valence-corrected chi connectivity index (χ1v) is 7.95. The number of rotatable bonds is 10. The van der Waals surface area contributed by atoms with Gasteiger partial charge in [0.2, 0.25) is 5.91 Å². The van der Waals surface area contributed by atoms with Crippen molar-refractivity contribution in [2.24, 2.45) is 0 Å². The van der Waals surface area contributed by atoms with E-state index in [2.05, 4.69) is 10.6 Å². The smallest absolute Gasteiger partial charge is 0.235 e. The van der Waals surface area contributed by atoms with Crippen molar-refractivity contribution >= 4 is 28.2 Å². The summed E-state index contributed by atoms with van der Waals surface area (Å²) in [5, 5.41) is 5.56. The third kappa shape index (κ3) is 12.1. The molecule has 0 saturated carbocycles. The highest BCUT2D eigenvalue weighted by Gasteiger charge is 2.15. The zero-order valence-corrected chi connectivity index (χ0v) is 12.8. The number of unbranched alkanes of at least 4 members (excludes halogenated alkanes) is 2. The highest BCUT2D eigenvalue weighted by atomic mass is 35.5. The summed E-state index contributed by atoms with van der Waals surface area (Å²) in [4.78, 5) is 11.3. The Balaban J connectivity index is 0. The molecule has 0 unspecified atom stereocenters. The molecule has 0 spiro atoms. The van der Waals surface area contributed by atoms with Gasteiger partial charge in [-0.05, 0) is 26.4 Å². The van der Waals surface area contributed by atoms with Gasteiger partial charge in [0.05, 0.1) is 5.75 Å². The summed E-state index contributed by atoms with van der Waals surface area (Å²) in [5.41, 5.74) is 0. The number of hydrogen-bond acceptors (Lipinski definition) is 4. The summed E-state index contributed by atoms with van der Waals surface area (Å²) in [6.07, 6.45) is 3.32. The van der Waals surface area contributed by atoms with E-state index < -0.39 is 15.7 Å². The van der Waals surface area contributed by atoms with Gasteiger partial charge in [-0.25, -0.2) is 8.42 Å². The van der Waals surface area contributed by atoms with Crippen LogP contribution in [0.1, 0.15) is 32.6 Å². The average Bonchev–Trinajstić information content (AvgIpc) is 2.24. The Morgan fingerprint density at radius 3 is 2.33 bits per heavy atom. The summed E-state index contributed by atoms with van der Waals surface area (Å²) in [6.45, 7) is 3.34. The van der Waals surface area contributed by atoms with Gasteiger partial charge in [0.1, 0.15) is 5.75 Å². The summed E-state index contributed by atoms with van der Waals surface area (Å²) < 4.78 is 23.1. The number of carbonyl (C=O) groups excluding carboxylic acids is 1. The van der Waals surface area contributed by atoms with E-state index in [1.807, 2.05) is 14.0 Å². The van der Waals surface area contributed by atoms with Crippen LogP contribution in [0.25, 0.3) is 0 Å². The molecule has 0 aromatic heterocycles. The van der Waals surface area contributed by atoms with E-state index >= 15 is 0 Å². The van der Waals surface area contributed by atoms with Crippen LogP contribution < -0.4 is 10.6 Å². The highest BCUT2D eigenvalue weighted by molar-refractivity contribution is 7.92. The summed E-state index contributed by atoms with van der Waals surface area (Å²) >= 11 is 0. The van der Waals surface area contributed by atoms with Crippen molar-refractivity contribution < 1.29 is 13.2 Å². The number of sulfone groups is 1. The van der Waals surface area contributed by atoms with Crippen molar-refractivity contribution in [3.63, 3.8) is 0 Å². The zero-order valence-electron chi connectivity index (χ0n) is 11.2. The summed E-state index contributed by atoms with van der Waals surface area (Å²) in [6, 6.07) is 0. The maximum Gasteiger partial charge on any atom is 0.235 e. The monoisotopic (exact) mass is 300 g/mol. The number of hydrogen-bond donors (Lipinski definition) is 2. The zero-order chi connectivity index (χ0) is 13.1. The van der Waals surface area contributed by atoms with Crippen molar-refractivity contribution in [2.75, 3.05) is 31.6 Å². The minimum atomic E-state index is -3.22. The molecular weight excluding hydrogens is 276 g/mol. The molecule has 0 aliphatic heterocycles. The van der Waals surface area contributed by atoms with Crippen LogP contribution in [0.2, 0.25) is 0 Å². The Morgan fingerprint density at radius 1 is 1.11 bits per heavy atom. The highest BCUT2D eigenvalue weighted by Crippen LogP contribution is 2.00. The van der Waals surface area contributed by atoms with Gasteiger partial charge < -0.3 is 10.6 Å². The van der Waals surface area contributed by atoms with Crippen molar-refractivity contribution in [1.29, 1.82) is 0 Å². The Labute approximate surface area is 116 Å². The van der Waals surface area contributed by atoms with Gasteiger partial charge in [0.15, 0.2) is 9.84 Å². The Kier molecular flexibility index (Phi) is 13.0. The predicted molar refractivity (Wildman–Crippen MR) is 77.0 cm³/mol. The molecule has 5 nitrogen and oxygen atoms in total. The fraction of sp³-hybridized carbons (Fsp3) is 0.909. The lowest BCUT2D eigenvalue weighted by molar-refractivity contribution is -0.118. The first kappa shape index (κ1) is 20.0. The first-order chi connectivity index (χ1) is 8.02. The molecule has 110 valence electrons. The second-order valence-corrected chi connectivity index (χ2v) is 6.29. The van der Waals surface area contributed by atoms with Crippen LogP contribution in [0, 0.1) is 0 Å². The van der Waals surface area contributed by atoms with Crippen LogP contribution in [0.4, 0.5) is 0 Å². The molecule has 0 fully saturated rings. The Bertz CT molecular complexity index is 307. The molecule has 0 aliphatic rings. The maximum atomic E-state index is 11.5. The molecule has 18 heavy (non-hydrogen) atoms. The Hall–Kier alpha value is -0.330. The van der Waals surface area contributed by atoms with E-state index in [0.29, 0.717) is 13.0 Å². The van der Waals surface area contributed by atoms with Crippen LogP contribution in [-0.4, -0.2) is 46.0 Å². The first-order valence-electron chi connectivity index (χ1n) is 6.13. The van der Waals surface area contributed by atoms with E-state index in [1.54, 1.807) is 0 Å². The van der Waals surface area contributed by atoms with Crippen molar-refractivity contribution in [3.8, 4) is 0 Å². The number of halogens is 1. The molecule has 0 aromatic carbocycles. The van der Waals surface area contributed by atoms with Gasteiger partial charge in [-0.3, -0.25) is 4.79 Å². The normalized spacial score (nSPS) is 10.8. The van der Waals surface area contributed by atoms with Gasteiger partial charge in [0, 0.05) is 6.54 Å². The van der Waals surface area contributed by atoms with Crippen LogP contribution in [0.5, 0.6) is 0 Å². The summed E-state index contributed by atoms with van der Waals surface area (Å²) in [5.74, 6) is -0.654. The van der Waals surface area contributed by atoms with E-state index in [1.165, 1.54) is 0 Å². The molecule has 7 heteroatoms. The molecule has 2 N–H and O–H groups in total. The van der Waals surface area contributed by atoms with Crippen LogP contribution >= 0.6 is 12.4 Å². The van der Waals surface area contributed by atoms with Crippen molar-refractivity contribution in [1.82, 2.24) is 10.6 Å². The predicted octanol–water partition coefficient (Wildman–Crippen LogP) is 0.739. The molecular formula is C11H25ClN2O3S. The van der Waals surface area contributed by atoms with Gasteiger partial charge in [-0.1, -0.05) is 19.8 Å². The molecule has 0 heterocycles. The molecule has 0 aliphatic carbocycles. The van der Waals surface area contributed by atoms with Gasteiger partial charge in [-0.2, -0.15) is 0 Å². The fourth-order valence-corrected chi connectivity index (χ4v) is 2.68. The van der Waals surface area contributed by atoms with Crippen LogP contribution in [0.3, 0.4) is 0 Å². The molecule has 0 atom stereocenters. The van der Waals surface area contributed by atoms with Gasteiger partial charge in [0.25, 0.3) is 0 Å². The number of carbonyl (C=O) groups is 1. The fourth-order valence-electron chi connectivity index (χ4n) is 1.39. The molecule has 1 amide bonds. The maximum absolute atomic E-state index is 11.5. The van der Waals surface area contributed by atoms with Crippen LogP contribution in [0.15, 0.2) is 0 Å². The molecule has 0 radical (unpaired) electrons. The van der Waals surface area contributed by atoms with E-state index in [9.17, 15) is 13.2 Å². The van der Waals surface area contributed by atoms with E-state index in [4.69, 9.17) is 0 Å². The van der Waals surface area contributed by atoms with Gasteiger partial charge >= 0.3 is 0 Å². The third-order valence-electron chi connectivity index (χ3n) is 2.34. The average molecular weight is 301 g/mol. The van der Waals surface area contributed by atoms with E-state index in [0.717, 1.165) is 25.8 Å². The van der Waals surface area contributed by atoms with Crippen molar-refractivity contribution in [3.05, 3.63) is 0 Å². The topological polar surface area (TPSA) is 75.3 Å². The lowest BCUT2D eigenvalue weighted by Crippen LogP contribution is -2.32. The molecule has 0 bridgehead atoms. The summed E-state index contributed by atoms with van der Waals surface area (Å²) in [7, 11) is -1.39. The lowest BCUT2D eigenvalue weighted by atomic mass is 10.3. The minimum absolute atomic E-state index is 0. The lowest BCUT2D eigenvalue weighted by Gasteiger charge is -2.06. The largest absolute Gasteiger partial charge is 0.355 e. The van der Waals surface area contributed by atoms with Crippen LogP contribution in [-0.2, 0) is 14.6 Å². The standard InChI is InChI=1S/C11H24N2O3S.ClH/c1-3-4-5-9-17(15,16)10-11(14)13-8-6-7-12-2;/h12H,3-10H2,1-2H3,(H,13,14);1H. The molecule has 0 aromatic rings. The SMILES string of the molecule is CCCCCS(=O)(=O)CC(=O)NCCCNC.Cl.